The van der Waals surface area contributed by atoms with Crippen LogP contribution in [0.1, 0.15) is 43.9 Å². The van der Waals surface area contributed by atoms with Crippen LogP contribution in [-0.4, -0.2) is 29.1 Å². The van der Waals surface area contributed by atoms with Crippen LogP contribution in [0.15, 0.2) is 24.3 Å². The third kappa shape index (κ3) is 2.88. The molecule has 0 aliphatic heterocycles. The smallest absolute Gasteiger partial charge is 0.0942 e. The molecule has 2 heteroatoms. The van der Waals surface area contributed by atoms with Crippen LogP contribution in [0.4, 0.5) is 0 Å². The van der Waals surface area contributed by atoms with Crippen molar-refractivity contribution in [3.63, 3.8) is 0 Å². The molecule has 0 aromatic heterocycles. The summed E-state index contributed by atoms with van der Waals surface area (Å²) in [6.07, 6.45) is 3.23. The molecule has 1 aromatic carbocycles. The summed E-state index contributed by atoms with van der Waals surface area (Å²) in [7, 11) is 2.12. The number of aliphatic hydroxyl groups excluding tert-OH is 1. The van der Waals surface area contributed by atoms with Crippen molar-refractivity contribution in [1.29, 1.82) is 0 Å². The monoisotopic (exact) mass is 233 g/mol. The minimum Gasteiger partial charge on any atom is -0.387 e. The molecular weight excluding hydrogens is 210 g/mol. The number of hydrogen-bond acceptors (Lipinski definition) is 2. The van der Waals surface area contributed by atoms with Gasteiger partial charge in [-0.15, -0.1) is 0 Å². The van der Waals surface area contributed by atoms with Crippen LogP contribution >= 0.6 is 0 Å². The van der Waals surface area contributed by atoms with Crippen molar-refractivity contribution in [1.82, 2.24) is 4.90 Å². The number of hydrogen-bond donors (Lipinski definition) is 1. The Balaban J connectivity index is 2.03. The predicted molar refractivity (Wildman–Crippen MR) is 71.0 cm³/mol. The second-order valence-corrected chi connectivity index (χ2v) is 5.18. The zero-order valence-electron chi connectivity index (χ0n) is 11.1. The third-order valence-corrected chi connectivity index (χ3v) is 3.95. The maximum Gasteiger partial charge on any atom is 0.0942 e. The third-order valence-electron chi connectivity index (χ3n) is 3.95. The van der Waals surface area contributed by atoms with Gasteiger partial charge < -0.3 is 5.11 Å². The van der Waals surface area contributed by atoms with Gasteiger partial charge in [-0.2, -0.15) is 0 Å². The van der Waals surface area contributed by atoms with Gasteiger partial charge in [0.2, 0.25) is 0 Å². The number of aliphatic hydroxyl groups is 1. The number of aryl methyl sites for hydroxylation is 1. The second-order valence-electron chi connectivity index (χ2n) is 5.18. The summed E-state index contributed by atoms with van der Waals surface area (Å²) in [6, 6.07) is 9.22. The molecule has 1 fully saturated rings. The van der Waals surface area contributed by atoms with Gasteiger partial charge in [-0.05, 0) is 44.4 Å². The van der Waals surface area contributed by atoms with Gasteiger partial charge in [0.25, 0.3) is 0 Å². The number of nitrogens with zero attached hydrogens (tertiary/aromatic N) is 1. The molecule has 0 heterocycles. The molecule has 2 rings (SSSR count). The average molecular weight is 233 g/mol. The van der Waals surface area contributed by atoms with E-state index in [1.807, 2.05) is 0 Å². The Morgan fingerprint density at radius 3 is 2.35 bits per heavy atom. The average Bonchev–Trinajstić information content (AvgIpc) is 3.20. The number of rotatable bonds is 5. The van der Waals surface area contributed by atoms with Gasteiger partial charge >= 0.3 is 0 Å². The fourth-order valence-corrected chi connectivity index (χ4v) is 2.27. The highest BCUT2D eigenvalue weighted by Gasteiger charge is 2.32. The maximum absolute atomic E-state index is 10.4. The summed E-state index contributed by atoms with van der Waals surface area (Å²) in [5.41, 5.74) is 2.35. The van der Waals surface area contributed by atoms with Gasteiger partial charge in [-0.1, -0.05) is 31.2 Å². The van der Waals surface area contributed by atoms with Crippen molar-refractivity contribution in [2.75, 3.05) is 7.05 Å². The van der Waals surface area contributed by atoms with E-state index in [9.17, 15) is 5.11 Å². The van der Waals surface area contributed by atoms with Gasteiger partial charge in [0.05, 0.1) is 6.10 Å². The first-order valence-electron chi connectivity index (χ1n) is 6.62. The molecule has 1 saturated carbocycles. The Kier molecular flexibility index (Phi) is 3.85. The van der Waals surface area contributed by atoms with Crippen LogP contribution in [0.3, 0.4) is 0 Å². The molecule has 0 amide bonds. The zero-order chi connectivity index (χ0) is 12.4. The first kappa shape index (κ1) is 12.6. The fraction of sp³-hybridized carbons (Fsp3) is 0.600. The summed E-state index contributed by atoms with van der Waals surface area (Å²) in [4.78, 5) is 2.30. The summed E-state index contributed by atoms with van der Waals surface area (Å²) < 4.78 is 0. The summed E-state index contributed by atoms with van der Waals surface area (Å²) in [6.45, 7) is 4.26. The molecule has 2 unspecified atom stereocenters. The van der Waals surface area contributed by atoms with Gasteiger partial charge in [0.1, 0.15) is 0 Å². The lowest BCUT2D eigenvalue weighted by Crippen LogP contribution is -2.35. The van der Waals surface area contributed by atoms with Crippen molar-refractivity contribution >= 4 is 0 Å². The van der Waals surface area contributed by atoms with Gasteiger partial charge in [-0.3, -0.25) is 4.90 Å². The maximum atomic E-state index is 10.4. The Morgan fingerprint density at radius 1 is 1.29 bits per heavy atom. The lowest BCUT2D eigenvalue weighted by atomic mass is 10.0. The standard InChI is InChI=1S/C15H23NO/c1-4-12-5-7-13(8-6-12)15(17)11(2)16(3)14-9-10-14/h5-8,11,14-15,17H,4,9-10H2,1-3H3. The molecule has 0 spiro atoms. The molecule has 17 heavy (non-hydrogen) atoms. The lowest BCUT2D eigenvalue weighted by molar-refractivity contribution is 0.0685. The Labute approximate surface area is 104 Å². The van der Waals surface area contributed by atoms with E-state index in [2.05, 4.69) is 50.1 Å². The van der Waals surface area contributed by atoms with E-state index < -0.39 is 0 Å². The van der Waals surface area contributed by atoms with E-state index in [1.165, 1.54) is 18.4 Å². The Bertz CT molecular complexity index is 356. The molecule has 1 aliphatic carbocycles. The van der Waals surface area contributed by atoms with Crippen LogP contribution in [0.2, 0.25) is 0 Å². The van der Waals surface area contributed by atoms with E-state index in [0.29, 0.717) is 6.04 Å². The summed E-state index contributed by atoms with van der Waals surface area (Å²) in [5, 5.41) is 10.4. The molecule has 0 radical (unpaired) electrons. The van der Waals surface area contributed by atoms with Crippen molar-refractivity contribution in [3.05, 3.63) is 35.4 Å². The van der Waals surface area contributed by atoms with E-state index in [-0.39, 0.29) is 12.1 Å². The van der Waals surface area contributed by atoms with Gasteiger partial charge in [0.15, 0.2) is 0 Å². The topological polar surface area (TPSA) is 23.5 Å². The van der Waals surface area contributed by atoms with E-state index in [1.54, 1.807) is 0 Å². The summed E-state index contributed by atoms with van der Waals surface area (Å²) >= 11 is 0. The first-order valence-corrected chi connectivity index (χ1v) is 6.62. The molecular formula is C15H23NO. The molecule has 94 valence electrons. The quantitative estimate of drug-likeness (QED) is 0.845. The number of likely N-dealkylation sites (N-methyl/N-ethyl adjacent to an activating group) is 1. The van der Waals surface area contributed by atoms with Crippen LogP contribution < -0.4 is 0 Å². The van der Waals surface area contributed by atoms with Gasteiger partial charge in [0, 0.05) is 12.1 Å². The predicted octanol–water partition coefficient (Wildman–Crippen LogP) is 2.77. The van der Waals surface area contributed by atoms with Crippen molar-refractivity contribution in [3.8, 4) is 0 Å². The van der Waals surface area contributed by atoms with Gasteiger partial charge in [-0.25, -0.2) is 0 Å². The molecule has 0 bridgehead atoms. The van der Waals surface area contributed by atoms with Crippen LogP contribution in [-0.2, 0) is 6.42 Å². The van der Waals surface area contributed by atoms with Crippen LogP contribution in [0, 0.1) is 0 Å². The highest BCUT2D eigenvalue weighted by Crippen LogP contribution is 2.31. The molecule has 1 aliphatic rings. The normalized spacial score (nSPS) is 19.4. The molecule has 1 N–H and O–H groups in total. The Morgan fingerprint density at radius 2 is 1.88 bits per heavy atom. The highest BCUT2D eigenvalue weighted by molar-refractivity contribution is 5.25. The fourth-order valence-electron chi connectivity index (χ4n) is 2.27. The lowest BCUT2D eigenvalue weighted by Gasteiger charge is -2.29. The zero-order valence-corrected chi connectivity index (χ0v) is 11.1. The van der Waals surface area contributed by atoms with Crippen molar-refractivity contribution < 1.29 is 5.11 Å². The minimum atomic E-state index is -0.383. The van der Waals surface area contributed by atoms with Crippen molar-refractivity contribution in [2.45, 2.75) is 51.3 Å². The SMILES string of the molecule is CCc1ccc(C(O)C(C)N(C)C2CC2)cc1. The summed E-state index contributed by atoms with van der Waals surface area (Å²) in [5.74, 6) is 0. The van der Waals surface area contributed by atoms with E-state index >= 15 is 0 Å². The van der Waals surface area contributed by atoms with E-state index in [0.717, 1.165) is 12.0 Å². The molecule has 2 nitrogen and oxygen atoms in total. The number of benzene rings is 1. The van der Waals surface area contributed by atoms with Crippen LogP contribution in [0.25, 0.3) is 0 Å². The molecule has 2 atom stereocenters. The Hall–Kier alpha value is -0.860. The first-order chi connectivity index (χ1) is 8.13. The van der Waals surface area contributed by atoms with Crippen molar-refractivity contribution in [2.24, 2.45) is 0 Å². The van der Waals surface area contributed by atoms with Crippen LogP contribution in [0.5, 0.6) is 0 Å². The highest BCUT2D eigenvalue weighted by atomic mass is 16.3. The minimum absolute atomic E-state index is 0.190. The molecule has 0 saturated heterocycles. The largest absolute Gasteiger partial charge is 0.387 e. The second kappa shape index (κ2) is 5.19. The van der Waals surface area contributed by atoms with E-state index in [4.69, 9.17) is 0 Å². The molecule has 1 aromatic rings.